The molecule has 1 heterocycles. The molecule has 1 amide bonds. The molecule has 17 heavy (non-hydrogen) atoms. The number of hydrogen-bond acceptors (Lipinski definition) is 2. The van der Waals surface area contributed by atoms with Gasteiger partial charge in [0, 0.05) is 12.0 Å². The first kappa shape index (κ1) is 12.9. The van der Waals surface area contributed by atoms with Crippen molar-refractivity contribution in [1.29, 1.82) is 0 Å². The average molecular weight is 238 g/mol. The molecule has 1 aliphatic carbocycles. The number of carbonyl (C=O) groups excluding carboxylic acids is 1. The van der Waals surface area contributed by atoms with Crippen LogP contribution in [0.5, 0.6) is 0 Å². The Balaban J connectivity index is 1.87. The molecule has 1 saturated heterocycles. The lowest BCUT2D eigenvalue weighted by Crippen LogP contribution is -2.42. The Labute approximate surface area is 105 Å². The zero-order valence-electron chi connectivity index (χ0n) is 11.2. The molecule has 2 atom stereocenters. The summed E-state index contributed by atoms with van der Waals surface area (Å²) in [4.78, 5) is 12.3. The first-order valence-electron chi connectivity index (χ1n) is 7.11. The van der Waals surface area contributed by atoms with Crippen molar-refractivity contribution < 1.29 is 4.79 Å². The summed E-state index contributed by atoms with van der Waals surface area (Å²) >= 11 is 0. The quantitative estimate of drug-likeness (QED) is 0.773. The second-order valence-corrected chi connectivity index (χ2v) is 6.32. The molecule has 0 aromatic carbocycles. The molecular weight excluding hydrogens is 212 g/mol. The zero-order valence-corrected chi connectivity index (χ0v) is 11.2. The van der Waals surface area contributed by atoms with Gasteiger partial charge in [-0.1, -0.05) is 20.3 Å². The predicted molar refractivity (Wildman–Crippen MR) is 69.8 cm³/mol. The molecule has 2 N–H and O–H groups in total. The number of amides is 1. The highest BCUT2D eigenvalue weighted by atomic mass is 16.2. The number of carbonyl (C=O) groups is 1. The fourth-order valence-electron chi connectivity index (χ4n) is 3.28. The Morgan fingerprint density at radius 1 is 1.18 bits per heavy atom. The third kappa shape index (κ3) is 3.21. The lowest BCUT2D eigenvalue weighted by molar-refractivity contribution is -0.128. The third-order valence-electron chi connectivity index (χ3n) is 4.50. The largest absolute Gasteiger partial charge is 0.353 e. The van der Waals surface area contributed by atoms with Gasteiger partial charge in [-0.2, -0.15) is 0 Å². The van der Waals surface area contributed by atoms with Crippen molar-refractivity contribution in [2.24, 2.45) is 11.3 Å². The van der Waals surface area contributed by atoms with Crippen LogP contribution < -0.4 is 10.6 Å². The molecule has 0 aromatic rings. The molecule has 3 nitrogen and oxygen atoms in total. The standard InChI is InChI=1S/C14H26N2O/c1-14(2)8-3-6-12(14)13(17)16-11-5-4-9-15-10-7-11/h11-12,15H,3-10H2,1-2H3,(H,16,17). The van der Waals surface area contributed by atoms with E-state index in [1.807, 2.05) is 0 Å². The third-order valence-corrected chi connectivity index (χ3v) is 4.50. The van der Waals surface area contributed by atoms with E-state index < -0.39 is 0 Å². The molecule has 3 heteroatoms. The van der Waals surface area contributed by atoms with Gasteiger partial charge in [-0.25, -0.2) is 0 Å². The van der Waals surface area contributed by atoms with E-state index in [0.29, 0.717) is 11.9 Å². The van der Waals surface area contributed by atoms with Crippen molar-refractivity contribution in [2.45, 2.75) is 58.4 Å². The van der Waals surface area contributed by atoms with Gasteiger partial charge >= 0.3 is 0 Å². The maximum absolute atomic E-state index is 12.3. The molecule has 1 saturated carbocycles. The SMILES string of the molecule is CC1(C)CCCC1C(=O)NC1CCCNCC1. The van der Waals surface area contributed by atoms with Crippen molar-refractivity contribution in [3.63, 3.8) is 0 Å². The maximum atomic E-state index is 12.3. The summed E-state index contributed by atoms with van der Waals surface area (Å²) < 4.78 is 0. The van der Waals surface area contributed by atoms with Crippen molar-refractivity contribution in [2.75, 3.05) is 13.1 Å². The van der Waals surface area contributed by atoms with E-state index in [1.165, 1.54) is 19.3 Å². The summed E-state index contributed by atoms with van der Waals surface area (Å²) in [7, 11) is 0. The first-order chi connectivity index (χ1) is 8.09. The van der Waals surface area contributed by atoms with Crippen molar-refractivity contribution in [3.05, 3.63) is 0 Å². The predicted octanol–water partition coefficient (Wildman–Crippen LogP) is 2.07. The molecule has 2 rings (SSSR count). The van der Waals surface area contributed by atoms with E-state index in [-0.39, 0.29) is 11.3 Å². The van der Waals surface area contributed by atoms with Crippen molar-refractivity contribution in [3.8, 4) is 0 Å². The fourth-order valence-corrected chi connectivity index (χ4v) is 3.28. The van der Waals surface area contributed by atoms with Crippen LogP contribution in [0.4, 0.5) is 0 Å². The molecule has 0 spiro atoms. The molecule has 1 aliphatic heterocycles. The summed E-state index contributed by atoms with van der Waals surface area (Å²) in [6.07, 6.45) is 6.86. The van der Waals surface area contributed by atoms with Gasteiger partial charge in [-0.15, -0.1) is 0 Å². The Bertz CT molecular complexity index is 267. The van der Waals surface area contributed by atoms with E-state index in [0.717, 1.165) is 32.4 Å². The lowest BCUT2D eigenvalue weighted by Gasteiger charge is -2.28. The summed E-state index contributed by atoms with van der Waals surface area (Å²) in [6.45, 7) is 6.61. The fraction of sp³-hybridized carbons (Fsp3) is 0.929. The summed E-state index contributed by atoms with van der Waals surface area (Å²) in [6, 6.07) is 0.397. The van der Waals surface area contributed by atoms with Crippen LogP contribution in [-0.2, 0) is 4.79 Å². The summed E-state index contributed by atoms with van der Waals surface area (Å²) in [5.41, 5.74) is 0.201. The van der Waals surface area contributed by atoms with Gasteiger partial charge in [0.05, 0.1) is 0 Å². The highest BCUT2D eigenvalue weighted by Crippen LogP contribution is 2.42. The molecule has 2 aliphatic rings. The van der Waals surface area contributed by atoms with E-state index >= 15 is 0 Å². The van der Waals surface area contributed by atoms with Gasteiger partial charge in [0.15, 0.2) is 0 Å². The zero-order chi connectivity index (χ0) is 12.3. The molecule has 0 bridgehead atoms. The van der Waals surface area contributed by atoms with E-state index in [9.17, 15) is 4.79 Å². The summed E-state index contributed by atoms with van der Waals surface area (Å²) in [5, 5.41) is 6.66. The monoisotopic (exact) mass is 238 g/mol. The van der Waals surface area contributed by atoms with E-state index in [4.69, 9.17) is 0 Å². The minimum Gasteiger partial charge on any atom is -0.353 e. The summed E-state index contributed by atoms with van der Waals surface area (Å²) in [5.74, 6) is 0.540. The van der Waals surface area contributed by atoms with Crippen LogP contribution in [0.25, 0.3) is 0 Å². The Morgan fingerprint density at radius 2 is 2.00 bits per heavy atom. The highest BCUT2D eigenvalue weighted by Gasteiger charge is 2.39. The van der Waals surface area contributed by atoms with Gasteiger partial charge in [-0.05, 0) is 50.6 Å². The van der Waals surface area contributed by atoms with Crippen LogP contribution in [0.15, 0.2) is 0 Å². The van der Waals surface area contributed by atoms with Gasteiger partial charge in [0.2, 0.25) is 5.91 Å². The second-order valence-electron chi connectivity index (χ2n) is 6.32. The molecule has 98 valence electrons. The van der Waals surface area contributed by atoms with Crippen LogP contribution in [0, 0.1) is 11.3 Å². The number of rotatable bonds is 2. The van der Waals surface area contributed by atoms with Gasteiger partial charge in [-0.3, -0.25) is 4.79 Å². The van der Waals surface area contributed by atoms with Crippen LogP contribution in [-0.4, -0.2) is 25.0 Å². The van der Waals surface area contributed by atoms with Crippen LogP contribution in [0.3, 0.4) is 0 Å². The normalized spacial score (nSPS) is 33.1. The van der Waals surface area contributed by atoms with Crippen LogP contribution in [0.2, 0.25) is 0 Å². The number of nitrogens with one attached hydrogen (secondary N) is 2. The van der Waals surface area contributed by atoms with E-state index in [2.05, 4.69) is 24.5 Å². The van der Waals surface area contributed by atoms with Crippen LogP contribution in [0.1, 0.15) is 52.4 Å². The molecule has 0 aromatic heterocycles. The Kier molecular flexibility index (Phi) is 4.08. The van der Waals surface area contributed by atoms with Gasteiger partial charge in [0.25, 0.3) is 0 Å². The molecular formula is C14H26N2O. The topological polar surface area (TPSA) is 41.1 Å². The van der Waals surface area contributed by atoms with Crippen molar-refractivity contribution >= 4 is 5.91 Å². The minimum absolute atomic E-state index is 0.201. The Morgan fingerprint density at radius 3 is 2.71 bits per heavy atom. The second kappa shape index (κ2) is 5.38. The molecule has 2 unspecified atom stereocenters. The Hall–Kier alpha value is -0.570. The van der Waals surface area contributed by atoms with Gasteiger partial charge in [0.1, 0.15) is 0 Å². The number of hydrogen-bond donors (Lipinski definition) is 2. The molecule has 0 radical (unpaired) electrons. The average Bonchev–Trinajstić information content (AvgIpc) is 2.50. The molecule has 2 fully saturated rings. The van der Waals surface area contributed by atoms with E-state index in [1.54, 1.807) is 0 Å². The van der Waals surface area contributed by atoms with Crippen LogP contribution >= 0.6 is 0 Å². The van der Waals surface area contributed by atoms with Crippen molar-refractivity contribution in [1.82, 2.24) is 10.6 Å². The highest BCUT2D eigenvalue weighted by molar-refractivity contribution is 5.80. The first-order valence-corrected chi connectivity index (χ1v) is 7.11. The smallest absolute Gasteiger partial charge is 0.223 e. The maximum Gasteiger partial charge on any atom is 0.223 e. The van der Waals surface area contributed by atoms with Gasteiger partial charge < -0.3 is 10.6 Å². The lowest BCUT2D eigenvalue weighted by atomic mass is 9.81. The minimum atomic E-state index is 0.201.